The average molecular weight is 479 g/mol. The van der Waals surface area contributed by atoms with Crippen LogP contribution in [0.5, 0.6) is 0 Å². The summed E-state index contributed by atoms with van der Waals surface area (Å²) in [6.07, 6.45) is 9.26. The Morgan fingerprint density at radius 3 is 2.75 bits per heavy atom. The van der Waals surface area contributed by atoms with E-state index in [0.717, 1.165) is 54.1 Å². The maximum atomic E-state index is 12.7. The Morgan fingerprint density at radius 1 is 1.08 bits per heavy atom. The highest BCUT2D eigenvalue weighted by molar-refractivity contribution is 5.95. The van der Waals surface area contributed by atoms with E-state index in [0.29, 0.717) is 23.7 Å². The van der Waals surface area contributed by atoms with E-state index >= 15 is 0 Å². The number of hydrogen-bond donors (Lipinski definition) is 2. The Bertz CT molecular complexity index is 1540. The van der Waals surface area contributed by atoms with Gasteiger partial charge >= 0.3 is 0 Å². The number of H-pyrrole nitrogens is 1. The summed E-state index contributed by atoms with van der Waals surface area (Å²) in [5, 5.41) is 9.21. The molecule has 0 spiro atoms. The molecule has 0 unspecified atom stereocenters. The molecule has 1 aliphatic rings. The molecule has 180 valence electrons. The summed E-state index contributed by atoms with van der Waals surface area (Å²) in [5.74, 6) is 1.04. The maximum absolute atomic E-state index is 12.7. The summed E-state index contributed by atoms with van der Waals surface area (Å²) in [6.45, 7) is 2.20. The zero-order valence-electron chi connectivity index (χ0n) is 19.7. The number of hydrogen-bond acceptors (Lipinski definition) is 6. The molecular weight excluding hydrogens is 452 g/mol. The van der Waals surface area contributed by atoms with Crippen molar-refractivity contribution in [2.24, 2.45) is 0 Å². The first-order valence-electron chi connectivity index (χ1n) is 12.1. The third kappa shape index (κ3) is 4.63. The van der Waals surface area contributed by atoms with Gasteiger partial charge in [0, 0.05) is 43.1 Å². The molecule has 8 heteroatoms. The molecule has 0 saturated carbocycles. The summed E-state index contributed by atoms with van der Waals surface area (Å²) in [4.78, 5) is 24.7. The molecule has 6 rings (SSSR count). The van der Waals surface area contributed by atoms with Gasteiger partial charge in [-0.15, -0.1) is 0 Å². The molecule has 1 fully saturated rings. The molecule has 8 nitrogen and oxygen atoms in total. The molecule has 1 aliphatic heterocycles. The van der Waals surface area contributed by atoms with Crippen LogP contribution >= 0.6 is 0 Å². The van der Waals surface area contributed by atoms with E-state index in [1.807, 2.05) is 53.3 Å². The molecule has 1 aromatic carbocycles. The van der Waals surface area contributed by atoms with Crippen molar-refractivity contribution in [3.8, 4) is 11.3 Å². The summed E-state index contributed by atoms with van der Waals surface area (Å²) in [6, 6.07) is 18.0. The topological polar surface area (TPSA) is 97.7 Å². The number of anilines is 2. The van der Waals surface area contributed by atoms with Crippen LogP contribution in [0.2, 0.25) is 0 Å². The number of nitrogens with one attached hydrogen (secondary N) is 2. The molecule has 36 heavy (non-hydrogen) atoms. The normalized spacial score (nSPS) is 14.2. The zero-order valence-corrected chi connectivity index (χ0v) is 19.7. The van der Waals surface area contributed by atoms with Crippen LogP contribution in [0.1, 0.15) is 30.0 Å². The summed E-state index contributed by atoms with van der Waals surface area (Å²) in [5.41, 5.74) is 4.54. The monoisotopic (exact) mass is 478 g/mol. The van der Waals surface area contributed by atoms with Crippen molar-refractivity contribution in [1.29, 1.82) is 0 Å². The summed E-state index contributed by atoms with van der Waals surface area (Å²) < 4.78 is 7.33. The van der Waals surface area contributed by atoms with E-state index in [-0.39, 0.29) is 5.56 Å². The number of aromatic amines is 1. The van der Waals surface area contributed by atoms with Crippen molar-refractivity contribution in [3.63, 3.8) is 0 Å². The first-order valence-corrected chi connectivity index (χ1v) is 12.1. The van der Waals surface area contributed by atoms with Crippen molar-refractivity contribution in [3.05, 3.63) is 101 Å². The van der Waals surface area contributed by atoms with E-state index in [9.17, 15) is 4.79 Å². The second-order valence-electron chi connectivity index (χ2n) is 9.01. The highest BCUT2D eigenvalue weighted by Crippen LogP contribution is 2.30. The summed E-state index contributed by atoms with van der Waals surface area (Å²) in [7, 11) is 0. The average Bonchev–Trinajstić information content (AvgIpc) is 3.39. The van der Waals surface area contributed by atoms with Crippen LogP contribution in [0.4, 0.5) is 11.5 Å². The molecule has 4 aromatic heterocycles. The van der Waals surface area contributed by atoms with E-state index in [2.05, 4.69) is 32.5 Å². The van der Waals surface area contributed by atoms with Crippen molar-refractivity contribution in [2.75, 3.05) is 18.5 Å². The van der Waals surface area contributed by atoms with Gasteiger partial charge in [0.25, 0.3) is 5.56 Å². The van der Waals surface area contributed by atoms with Crippen molar-refractivity contribution < 1.29 is 4.74 Å². The van der Waals surface area contributed by atoms with Crippen LogP contribution in [0, 0.1) is 0 Å². The number of rotatable bonds is 6. The lowest BCUT2D eigenvalue weighted by atomic mass is 9.92. The fraction of sp³-hybridized carbons (Fsp3) is 0.214. The van der Waals surface area contributed by atoms with E-state index in [1.165, 1.54) is 5.56 Å². The standard InChI is InChI=1S/C28H26N6O2/c35-28-26-21(8-12-30-28)15-25(22-16-31-34(17-22)18-24-3-1-2-11-29-24)33-27(26)32-23-6-4-19(5-7-23)20-9-13-36-14-10-20/h1-8,11-12,15-17,20H,9-10,13-14,18H2,(H,30,35)(H,32,33). The van der Waals surface area contributed by atoms with Crippen molar-refractivity contribution in [2.45, 2.75) is 25.3 Å². The van der Waals surface area contributed by atoms with Crippen LogP contribution in [0.3, 0.4) is 0 Å². The minimum absolute atomic E-state index is 0.182. The van der Waals surface area contributed by atoms with Crippen molar-refractivity contribution in [1.82, 2.24) is 24.7 Å². The Labute approximate surface area is 208 Å². The molecule has 5 heterocycles. The van der Waals surface area contributed by atoms with Crippen LogP contribution in [0.15, 0.2) is 84.2 Å². The number of ether oxygens (including phenoxy) is 1. The van der Waals surface area contributed by atoms with Gasteiger partial charge in [0.05, 0.1) is 29.5 Å². The molecule has 2 N–H and O–H groups in total. The van der Waals surface area contributed by atoms with E-state index in [4.69, 9.17) is 9.72 Å². The van der Waals surface area contributed by atoms with Gasteiger partial charge in [0.2, 0.25) is 0 Å². The quantitative estimate of drug-likeness (QED) is 0.361. The smallest absolute Gasteiger partial charge is 0.259 e. The molecule has 5 aromatic rings. The minimum atomic E-state index is -0.182. The highest BCUT2D eigenvalue weighted by atomic mass is 16.5. The molecule has 0 bridgehead atoms. The molecule has 0 atom stereocenters. The van der Waals surface area contributed by atoms with Crippen LogP contribution in [-0.2, 0) is 11.3 Å². The van der Waals surface area contributed by atoms with Crippen molar-refractivity contribution >= 4 is 22.3 Å². The second kappa shape index (κ2) is 9.75. The van der Waals surface area contributed by atoms with Crippen LogP contribution in [-0.4, -0.2) is 37.9 Å². The summed E-state index contributed by atoms with van der Waals surface area (Å²) >= 11 is 0. The molecule has 1 saturated heterocycles. The van der Waals surface area contributed by atoms with Crippen LogP contribution in [0.25, 0.3) is 22.0 Å². The number of benzene rings is 1. The number of fused-ring (bicyclic) bond motifs is 1. The predicted molar refractivity (Wildman–Crippen MR) is 139 cm³/mol. The van der Waals surface area contributed by atoms with E-state index in [1.54, 1.807) is 18.6 Å². The van der Waals surface area contributed by atoms with Gasteiger partial charge in [0.1, 0.15) is 5.82 Å². The molecule has 0 amide bonds. The number of pyridine rings is 3. The predicted octanol–water partition coefficient (Wildman–Crippen LogP) is 4.87. The van der Waals surface area contributed by atoms with Gasteiger partial charge in [0.15, 0.2) is 0 Å². The Kier molecular flexibility index (Phi) is 6.01. The van der Waals surface area contributed by atoms with Gasteiger partial charge in [-0.25, -0.2) is 4.98 Å². The van der Waals surface area contributed by atoms with Gasteiger partial charge in [-0.1, -0.05) is 18.2 Å². The first kappa shape index (κ1) is 22.2. The maximum Gasteiger partial charge on any atom is 0.259 e. The van der Waals surface area contributed by atoms with E-state index < -0.39 is 0 Å². The molecule has 0 aliphatic carbocycles. The van der Waals surface area contributed by atoms with Crippen LogP contribution < -0.4 is 10.9 Å². The van der Waals surface area contributed by atoms with Gasteiger partial charge < -0.3 is 15.0 Å². The fourth-order valence-electron chi connectivity index (χ4n) is 4.70. The Hall–Kier alpha value is -4.30. The minimum Gasteiger partial charge on any atom is -0.381 e. The number of nitrogens with zero attached hydrogens (tertiary/aromatic N) is 4. The second-order valence-corrected chi connectivity index (χ2v) is 9.01. The molecular formula is C28H26N6O2. The lowest BCUT2D eigenvalue weighted by Gasteiger charge is -2.22. The SMILES string of the molecule is O=c1[nH]ccc2cc(-c3cnn(Cc4ccccn4)c3)nc(Nc3ccc(C4CCOCC4)cc3)c12. The number of aromatic nitrogens is 5. The largest absolute Gasteiger partial charge is 0.381 e. The first-order chi connectivity index (χ1) is 17.7. The highest BCUT2D eigenvalue weighted by Gasteiger charge is 2.16. The lowest BCUT2D eigenvalue weighted by molar-refractivity contribution is 0.0853. The van der Waals surface area contributed by atoms with Gasteiger partial charge in [-0.05, 0) is 66.1 Å². The van der Waals surface area contributed by atoms with Gasteiger partial charge in [-0.3, -0.25) is 14.5 Å². The Balaban J connectivity index is 1.32. The zero-order chi connectivity index (χ0) is 24.3. The third-order valence-corrected chi connectivity index (χ3v) is 6.60. The molecule has 0 radical (unpaired) electrons. The third-order valence-electron chi connectivity index (χ3n) is 6.60. The fourth-order valence-corrected chi connectivity index (χ4v) is 4.70. The lowest BCUT2D eigenvalue weighted by Crippen LogP contribution is -2.14. The Morgan fingerprint density at radius 2 is 1.94 bits per heavy atom. The van der Waals surface area contributed by atoms with Gasteiger partial charge in [-0.2, -0.15) is 5.10 Å².